The maximum Gasteiger partial charge on any atom is 0.125 e. The van der Waals surface area contributed by atoms with Crippen molar-refractivity contribution >= 4 is 11.4 Å². The molecular formula is C16H19FN2. The molecular weight excluding hydrogens is 239 g/mol. The van der Waals surface area contributed by atoms with Crippen molar-refractivity contribution < 1.29 is 4.39 Å². The first-order valence-corrected chi connectivity index (χ1v) is 6.29. The molecule has 0 saturated carbocycles. The normalized spacial score (nSPS) is 10.5. The molecule has 0 aromatic heterocycles. The van der Waals surface area contributed by atoms with E-state index >= 15 is 0 Å². The van der Waals surface area contributed by atoms with Crippen LogP contribution in [-0.2, 0) is 6.54 Å². The maximum absolute atomic E-state index is 13.3. The number of halogens is 1. The number of anilines is 2. The van der Waals surface area contributed by atoms with Gasteiger partial charge in [0.15, 0.2) is 0 Å². The van der Waals surface area contributed by atoms with Gasteiger partial charge in [-0.1, -0.05) is 23.8 Å². The fraction of sp³-hybridized carbons (Fsp3) is 0.250. The topological polar surface area (TPSA) is 29.3 Å². The van der Waals surface area contributed by atoms with E-state index < -0.39 is 0 Å². The Morgan fingerprint density at radius 3 is 2.58 bits per heavy atom. The van der Waals surface area contributed by atoms with Gasteiger partial charge in [-0.2, -0.15) is 0 Å². The molecule has 0 radical (unpaired) electrons. The van der Waals surface area contributed by atoms with Crippen LogP contribution in [0.25, 0.3) is 0 Å². The van der Waals surface area contributed by atoms with Crippen LogP contribution in [0.5, 0.6) is 0 Å². The average molecular weight is 258 g/mol. The Balaban J connectivity index is 2.27. The van der Waals surface area contributed by atoms with Gasteiger partial charge in [0.1, 0.15) is 5.82 Å². The Labute approximate surface area is 113 Å². The Morgan fingerprint density at radius 2 is 1.84 bits per heavy atom. The first-order valence-electron chi connectivity index (χ1n) is 6.29. The van der Waals surface area contributed by atoms with Crippen molar-refractivity contribution in [1.29, 1.82) is 0 Å². The van der Waals surface area contributed by atoms with Crippen molar-refractivity contribution in [2.45, 2.75) is 20.4 Å². The molecule has 0 fully saturated rings. The highest BCUT2D eigenvalue weighted by Gasteiger charge is 2.09. The molecule has 3 heteroatoms. The molecule has 0 amide bonds. The highest BCUT2D eigenvalue weighted by molar-refractivity contribution is 5.67. The minimum absolute atomic E-state index is 0.267. The van der Waals surface area contributed by atoms with Crippen molar-refractivity contribution in [3.63, 3.8) is 0 Å². The Kier molecular flexibility index (Phi) is 3.74. The predicted molar refractivity (Wildman–Crippen MR) is 78.8 cm³/mol. The standard InChI is InChI=1S/C16H19FN2/c1-11-4-5-12(2)13(8-11)10-19(3)16-9-14(17)6-7-15(16)18/h4-9H,10,18H2,1-3H3. The summed E-state index contributed by atoms with van der Waals surface area (Å²) in [7, 11) is 1.92. The second kappa shape index (κ2) is 5.31. The number of benzene rings is 2. The van der Waals surface area contributed by atoms with Crippen molar-refractivity contribution in [3.05, 3.63) is 58.9 Å². The van der Waals surface area contributed by atoms with Gasteiger partial charge < -0.3 is 10.6 Å². The third-order valence-electron chi connectivity index (χ3n) is 3.32. The van der Waals surface area contributed by atoms with Crippen LogP contribution in [0.4, 0.5) is 15.8 Å². The van der Waals surface area contributed by atoms with E-state index in [2.05, 4.69) is 32.0 Å². The van der Waals surface area contributed by atoms with E-state index in [4.69, 9.17) is 5.73 Å². The lowest BCUT2D eigenvalue weighted by atomic mass is 10.1. The van der Waals surface area contributed by atoms with E-state index in [1.807, 2.05) is 11.9 Å². The smallest absolute Gasteiger partial charge is 0.125 e. The first-order chi connectivity index (χ1) is 8.97. The molecule has 0 unspecified atom stereocenters. The minimum Gasteiger partial charge on any atom is -0.397 e. The molecule has 0 aliphatic rings. The lowest BCUT2D eigenvalue weighted by Crippen LogP contribution is -2.18. The van der Waals surface area contributed by atoms with Crippen molar-refractivity contribution in [1.82, 2.24) is 0 Å². The number of nitrogen functional groups attached to an aromatic ring is 1. The zero-order chi connectivity index (χ0) is 14.0. The molecule has 0 aliphatic carbocycles. The van der Waals surface area contributed by atoms with Gasteiger partial charge in [0, 0.05) is 13.6 Å². The molecule has 2 aromatic rings. The Hall–Kier alpha value is -2.03. The molecule has 0 heterocycles. The van der Waals surface area contributed by atoms with E-state index in [-0.39, 0.29) is 5.82 Å². The van der Waals surface area contributed by atoms with E-state index in [1.54, 1.807) is 6.07 Å². The predicted octanol–water partition coefficient (Wildman–Crippen LogP) is 3.66. The van der Waals surface area contributed by atoms with Gasteiger partial charge >= 0.3 is 0 Å². The molecule has 0 atom stereocenters. The summed E-state index contributed by atoms with van der Waals surface area (Å²) >= 11 is 0. The van der Waals surface area contributed by atoms with Crippen molar-refractivity contribution in [3.8, 4) is 0 Å². The molecule has 2 nitrogen and oxygen atoms in total. The number of hydrogen-bond donors (Lipinski definition) is 1. The number of nitrogens with zero attached hydrogens (tertiary/aromatic N) is 1. The van der Waals surface area contributed by atoms with Gasteiger partial charge in [-0.25, -0.2) is 4.39 Å². The summed E-state index contributed by atoms with van der Waals surface area (Å²) in [5, 5.41) is 0. The summed E-state index contributed by atoms with van der Waals surface area (Å²) in [5.74, 6) is -0.267. The van der Waals surface area contributed by atoms with E-state index in [0.29, 0.717) is 12.2 Å². The highest BCUT2D eigenvalue weighted by atomic mass is 19.1. The van der Waals surface area contributed by atoms with Gasteiger partial charge in [-0.3, -0.25) is 0 Å². The van der Waals surface area contributed by atoms with Crippen LogP contribution in [0.1, 0.15) is 16.7 Å². The number of aryl methyl sites for hydroxylation is 2. The van der Waals surface area contributed by atoms with Gasteiger partial charge in [0.25, 0.3) is 0 Å². The van der Waals surface area contributed by atoms with Crippen LogP contribution in [0.3, 0.4) is 0 Å². The molecule has 0 bridgehead atoms. The maximum atomic E-state index is 13.3. The summed E-state index contributed by atoms with van der Waals surface area (Å²) in [6.07, 6.45) is 0. The second-order valence-corrected chi connectivity index (χ2v) is 4.99. The monoisotopic (exact) mass is 258 g/mol. The Morgan fingerprint density at radius 1 is 1.11 bits per heavy atom. The van der Waals surface area contributed by atoms with E-state index in [0.717, 1.165) is 5.69 Å². The number of nitrogens with two attached hydrogens (primary N) is 1. The molecule has 0 spiro atoms. The number of hydrogen-bond acceptors (Lipinski definition) is 2. The summed E-state index contributed by atoms with van der Waals surface area (Å²) in [6, 6.07) is 10.8. The van der Waals surface area contributed by atoms with Gasteiger partial charge in [0.2, 0.25) is 0 Å². The van der Waals surface area contributed by atoms with Gasteiger partial charge in [-0.15, -0.1) is 0 Å². The van der Waals surface area contributed by atoms with Crippen LogP contribution in [0.2, 0.25) is 0 Å². The third-order valence-corrected chi connectivity index (χ3v) is 3.32. The molecule has 0 aliphatic heterocycles. The van der Waals surface area contributed by atoms with Crippen molar-refractivity contribution in [2.24, 2.45) is 0 Å². The summed E-state index contributed by atoms with van der Waals surface area (Å²) in [6.45, 7) is 4.86. The van der Waals surface area contributed by atoms with Crippen LogP contribution < -0.4 is 10.6 Å². The van der Waals surface area contributed by atoms with Crippen molar-refractivity contribution in [2.75, 3.05) is 17.7 Å². The summed E-state index contributed by atoms with van der Waals surface area (Å²) < 4.78 is 13.3. The van der Waals surface area contributed by atoms with Crippen LogP contribution in [0.15, 0.2) is 36.4 Å². The minimum atomic E-state index is -0.267. The zero-order valence-electron chi connectivity index (χ0n) is 11.6. The molecule has 0 saturated heterocycles. The first kappa shape index (κ1) is 13.4. The quantitative estimate of drug-likeness (QED) is 0.851. The van der Waals surface area contributed by atoms with E-state index in [9.17, 15) is 4.39 Å². The van der Waals surface area contributed by atoms with Crippen LogP contribution in [0, 0.1) is 19.7 Å². The third kappa shape index (κ3) is 3.05. The molecule has 2 N–H and O–H groups in total. The molecule has 19 heavy (non-hydrogen) atoms. The Bertz CT molecular complexity index is 593. The lowest BCUT2D eigenvalue weighted by Gasteiger charge is -2.22. The second-order valence-electron chi connectivity index (χ2n) is 4.99. The fourth-order valence-electron chi connectivity index (χ4n) is 2.16. The zero-order valence-corrected chi connectivity index (χ0v) is 11.6. The SMILES string of the molecule is Cc1ccc(C)c(CN(C)c2cc(F)ccc2N)c1. The molecule has 2 rings (SSSR count). The van der Waals surface area contributed by atoms with Gasteiger partial charge in [0.05, 0.1) is 11.4 Å². The lowest BCUT2D eigenvalue weighted by molar-refractivity contribution is 0.627. The fourth-order valence-corrected chi connectivity index (χ4v) is 2.16. The summed E-state index contributed by atoms with van der Waals surface area (Å²) in [5.41, 5.74) is 10.9. The molecule has 2 aromatic carbocycles. The molecule has 100 valence electrons. The van der Waals surface area contributed by atoms with Crippen LogP contribution in [-0.4, -0.2) is 7.05 Å². The average Bonchev–Trinajstić information content (AvgIpc) is 2.36. The van der Waals surface area contributed by atoms with Gasteiger partial charge in [-0.05, 0) is 43.2 Å². The summed E-state index contributed by atoms with van der Waals surface area (Å²) in [4.78, 5) is 1.97. The number of rotatable bonds is 3. The largest absolute Gasteiger partial charge is 0.397 e. The van der Waals surface area contributed by atoms with Crippen LogP contribution >= 0.6 is 0 Å². The highest BCUT2D eigenvalue weighted by Crippen LogP contribution is 2.25. The van der Waals surface area contributed by atoms with E-state index in [1.165, 1.54) is 28.8 Å².